The van der Waals surface area contributed by atoms with E-state index in [0.29, 0.717) is 18.0 Å². The van der Waals surface area contributed by atoms with E-state index in [1.807, 2.05) is 31.3 Å². The van der Waals surface area contributed by atoms with Gasteiger partial charge in [-0.1, -0.05) is 12.5 Å². The number of likely N-dealkylation sites (tertiary alicyclic amines) is 1. The Morgan fingerprint density at radius 3 is 2.69 bits per heavy atom. The number of nitrogens with zero attached hydrogens (tertiary/aromatic N) is 3. The average molecular weight is 403 g/mol. The number of H-pyrrole nitrogens is 1. The first kappa shape index (κ1) is 21.6. The molecular formula is C22H34N4O3. The zero-order chi connectivity index (χ0) is 20.6. The van der Waals surface area contributed by atoms with Gasteiger partial charge in [0.15, 0.2) is 11.5 Å². The molecule has 2 aromatic rings. The molecule has 1 aromatic carbocycles. The van der Waals surface area contributed by atoms with Gasteiger partial charge in [0.05, 0.1) is 13.7 Å². The number of aromatic nitrogens is 2. The van der Waals surface area contributed by atoms with Crippen LogP contribution in [0.4, 0.5) is 0 Å². The molecule has 0 amide bonds. The van der Waals surface area contributed by atoms with E-state index in [2.05, 4.69) is 26.8 Å². The van der Waals surface area contributed by atoms with Crippen molar-refractivity contribution < 1.29 is 14.6 Å². The minimum Gasteiger partial charge on any atom is -0.493 e. The number of β-amino-alcohol motifs (C(OH)–C–C–N with tert-alkyl or cyclic N) is 1. The molecule has 0 spiro atoms. The number of piperidine rings is 1. The van der Waals surface area contributed by atoms with E-state index in [9.17, 15) is 5.11 Å². The highest BCUT2D eigenvalue weighted by Gasteiger charge is 2.16. The summed E-state index contributed by atoms with van der Waals surface area (Å²) in [6, 6.07) is 5.96. The predicted molar refractivity (Wildman–Crippen MR) is 113 cm³/mol. The molecule has 0 radical (unpaired) electrons. The van der Waals surface area contributed by atoms with E-state index in [1.165, 1.54) is 19.3 Å². The quantitative estimate of drug-likeness (QED) is 0.636. The average Bonchev–Trinajstić information content (AvgIpc) is 3.11. The van der Waals surface area contributed by atoms with E-state index >= 15 is 0 Å². The van der Waals surface area contributed by atoms with Gasteiger partial charge in [-0.2, -0.15) is 0 Å². The molecule has 1 atom stereocenters. The van der Waals surface area contributed by atoms with Crippen molar-refractivity contribution in [3.63, 3.8) is 0 Å². The van der Waals surface area contributed by atoms with Crippen LogP contribution in [0, 0.1) is 6.92 Å². The van der Waals surface area contributed by atoms with E-state index in [1.54, 1.807) is 7.11 Å². The van der Waals surface area contributed by atoms with Gasteiger partial charge in [-0.25, -0.2) is 4.98 Å². The van der Waals surface area contributed by atoms with Crippen molar-refractivity contribution >= 4 is 0 Å². The van der Waals surface area contributed by atoms with Gasteiger partial charge in [0.2, 0.25) is 0 Å². The second-order valence-corrected chi connectivity index (χ2v) is 8.00. The van der Waals surface area contributed by atoms with Crippen LogP contribution in [0.3, 0.4) is 0 Å². The summed E-state index contributed by atoms with van der Waals surface area (Å²) >= 11 is 0. The number of rotatable bonds is 10. The number of hydrogen-bond acceptors (Lipinski definition) is 6. The maximum atomic E-state index is 10.4. The van der Waals surface area contributed by atoms with Gasteiger partial charge in [-0.15, -0.1) is 0 Å². The molecule has 0 saturated carbocycles. The molecule has 1 aliphatic rings. The fourth-order valence-electron chi connectivity index (χ4n) is 3.78. The summed E-state index contributed by atoms with van der Waals surface area (Å²) in [7, 11) is 3.70. The van der Waals surface area contributed by atoms with Crippen molar-refractivity contribution in [1.82, 2.24) is 19.8 Å². The monoisotopic (exact) mass is 402 g/mol. The lowest BCUT2D eigenvalue weighted by molar-refractivity contribution is 0.0608. The molecule has 1 fully saturated rings. The first-order valence-corrected chi connectivity index (χ1v) is 10.4. The van der Waals surface area contributed by atoms with Gasteiger partial charge in [-0.3, -0.25) is 4.90 Å². The third-order valence-electron chi connectivity index (χ3n) is 5.20. The number of aliphatic hydroxyl groups excluding tert-OH is 1. The standard InChI is InChI=1S/C22H34N4O3/c1-17-12-23-22(24-17)15-25(2)13-18-7-8-20(28-3)21(11-18)29-16-19(27)14-26-9-5-4-6-10-26/h7-8,11-12,19,27H,4-6,9-10,13-16H2,1-3H3,(H,23,24)/t19-/m0/s1. The van der Waals surface area contributed by atoms with Crippen LogP contribution in [0.2, 0.25) is 0 Å². The Morgan fingerprint density at radius 2 is 2.00 bits per heavy atom. The van der Waals surface area contributed by atoms with Crippen molar-refractivity contribution in [2.75, 3.05) is 40.4 Å². The van der Waals surface area contributed by atoms with Crippen LogP contribution in [-0.4, -0.2) is 71.4 Å². The van der Waals surface area contributed by atoms with Gasteiger partial charge in [0, 0.05) is 25.0 Å². The van der Waals surface area contributed by atoms with Crippen molar-refractivity contribution in [2.45, 2.75) is 45.4 Å². The highest BCUT2D eigenvalue weighted by atomic mass is 16.5. The topological polar surface area (TPSA) is 73.8 Å². The summed E-state index contributed by atoms with van der Waals surface area (Å²) < 4.78 is 11.4. The normalized spacial score (nSPS) is 16.2. The Labute approximate surface area is 173 Å². The molecule has 29 heavy (non-hydrogen) atoms. The number of nitrogens with one attached hydrogen (secondary N) is 1. The first-order valence-electron chi connectivity index (χ1n) is 10.4. The lowest BCUT2D eigenvalue weighted by Crippen LogP contribution is -2.38. The van der Waals surface area contributed by atoms with E-state index < -0.39 is 6.10 Å². The van der Waals surface area contributed by atoms with Crippen LogP contribution in [0.15, 0.2) is 24.4 Å². The number of methoxy groups -OCH3 is 1. The Morgan fingerprint density at radius 1 is 1.21 bits per heavy atom. The van der Waals surface area contributed by atoms with Crippen LogP contribution >= 0.6 is 0 Å². The molecule has 160 valence electrons. The van der Waals surface area contributed by atoms with Crippen LogP contribution < -0.4 is 9.47 Å². The number of hydrogen-bond donors (Lipinski definition) is 2. The summed E-state index contributed by atoms with van der Waals surface area (Å²) in [4.78, 5) is 12.1. The Balaban J connectivity index is 1.54. The minimum absolute atomic E-state index is 0.262. The molecule has 2 N–H and O–H groups in total. The molecule has 0 aliphatic carbocycles. The van der Waals surface area contributed by atoms with Crippen LogP contribution in [-0.2, 0) is 13.1 Å². The third-order valence-corrected chi connectivity index (χ3v) is 5.20. The summed E-state index contributed by atoms with van der Waals surface area (Å²) in [6.07, 6.45) is 5.06. The zero-order valence-corrected chi connectivity index (χ0v) is 17.9. The number of imidazole rings is 1. The van der Waals surface area contributed by atoms with Crippen molar-refractivity contribution in [3.05, 3.63) is 41.5 Å². The van der Waals surface area contributed by atoms with Crippen LogP contribution in [0.1, 0.15) is 36.3 Å². The Hall–Kier alpha value is -2.09. The molecular weight excluding hydrogens is 368 g/mol. The Kier molecular flexibility index (Phi) is 7.91. The predicted octanol–water partition coefficient (Wildman–Crippen LogP) is 2.58. The fraction of sp³-hybridized carbons (Fsp3) is 0.591. The number of aliphatic hydroxyl groups is 1. The number of ether oxygens (including phenoxy) is 2. The summed E-state index contributed by atoms with van der Waals surface area (Å²) in [5.74, 6) is 2.31. The number of benzene rings is 1. The summed E-state index contributed by atoms with van der Waals surface area (Å²) in [5.41, 5.74) is 2.19. The molecule has 7 nitrogen and oxygen atoms in total. The summed E-state index contributed by atoms with van der Waals surface area (Å²) in [6.45, 7) is 6.56. The maximum absolute atomic E-state index is 10.4. The van der Waals surface area contributed by atoms with E-state index in [4.69, 9.17) is 9.47 Å². The van der Waals surface area contributed by atoms with Crippen molar-refractivity contribution in [1.29, 1.82) is 0 Å². The Bertz CT molecular complexity index is 758. The number of aryl methyl sites for hydroxylation is 1. The number of aromatic amines is 1. The molecule has 0 unspecified atom stereocenters. The lowest BCUT2D eigenvalue weighted by Gasteiger charge is -2.28. The van der Waals surface area contributed by atoms with Crippen LogP contribution in [0.25, 0.3) is 0 Å². The first-order chi connectivity index (χ1) is 14.0. The zero-order valence-electron chi connectivity index (χ0n) is 17.9. The van der Waals surface area contributed by atoms with Crippen molar-refractivity contribution in [2.24, 2.45) is 0 Å². The smallest absolute Gasteiger partial charge is 0.161 e. The van der Waals surface area contributed by atoms with Gasteiger partial charge in [-0.05, 0) is 57.6 Å². The van der Waals surface area contributed by atoms with Gasteiger partial charge < -0.3 is 24.5 Å². The minimum atomic E-state index is -0.508. The van der Waals surface area contributed by atoms with E-state index in [-0.39, 0.29) is 6.61 Å². The van der Waals surface area contributed by atoms with Gasteiger partial charge >= 0.3 is 0 Å². The van der Waals surface area contributed by atoms with Crippen molar-refractivity contribution in [3.8, 4) is 11.5 Å². The lowest BCUT2D eigenvalue weighted by atomic mass is 10.1. The highest BCUT2D eigenvalue weighted by molar-refractivity contribution is 5.43. The molecule has 7 heteroatoms. The second-order valence-electron chi connectivity index (χ2n) is 8.00. The summed E-state index contributed by atoms with van der Waals surface area (Å²) in [5, 5.41) is 10.4. The molecule has 2 heterocycles. The molecule has 3 rings (SSSR count). The van der Waals surface area contributed by atoms with Crippen LogP contribution in [0.5, 0.6) is 11.5 Å². The molecule has 1 aromatic heterocycles. The fourth-order valence-corrected chi connectivity index (χ4v) is 3.78. The third kappa shape index (κ3) is 6.73. The largest absolute Gasteiger partial charge is 0.493 e. The van der Waals surface area contributed by atoms with Gasteiger partial charge in [0.1, 0.15) is 18.5 Å². The maximum Gasteiger partial charge on any atom is 0.161 e. The highest BCUT2D eigenvalue weighted by Crippen LogP contribution is 2.29. The second kappa shape index (κ2) is 10.6. The van der Waals surface area contributed by atoms with Gasteiger partial charge in [0.25, 0.3) is 0 Å². The van der Waals surface area contributed by atoms with E-state index in [0.717, 1.165) is 43.3 Å². The molecule has 0 bridgehead atoms. The molecule has 1 aliphatic heterocycles. The SMILES string of the molecule is COc1ccc(CN(C)Cc2ncc(C)[nH]2)cc1OC[C@@H](O)CN1CCCCC1. The molecule has 1 saturated heterocycles.